The summed E-state index contributed by atoms with van der Waals surface area (Å²) in [6, 6.07) is 23.3. The summed E-state index contributed by atoms with van der Waals surface area (Å²) in [5.74, 6) is 1.04. The second-order valence-electron chi connectivity index (χ2n) is 7.51. The highest BCUT2D eigenvalue weighted by Gasteiger charge is 2.20. The molecule has 0 unspecified atom stereocenters. The van der Waals surface area contributed by atoms with Crippen molar-refractivity contribution < 1.29 is 14.6 Å². The SMILES string of the molecule is COc1cccc(CCC(=O)c2c(C)n(Cc3ccccc3)c3ccc(O)cc23)c1. The number of carbonyl (C=O) groups is 1. The molecule has 0 saturated carbocycles. The summed E-state index contributed by atoms with van der Waals surface area (Å²) in [6.45, 7) is 2.66. The molecule has 0 bridgehead atoms. The maximum atomic E-state index is 13.3. The summed E-state index contributed by atoms with van der Waals surface area (Å²) in [4.78, 5) is 13.3. The molecule has 4 rings (SSSR count). The monoisotopic (exact) mass is 399 g/mol. The number of ether oxygens (including phenoxy) is 1. The highest BCUT2D eigenvalue weighted by atomic mass is 16.5. The van der Waals surface area contributed by atoms with Gasteiger partial charge in [0.15, 0.2) is 5.78 Å². The average molecular weight is 399 g/mol. The van der Waals surface area contributed by atoms with Crippen LogP contribution in [0.3, 0.4) is 0 Å². The number of carbonyl (C=O) groups excluding carboxylic acids is 1. The molecule has 1 N–H and O–H groups in total. The van der Waals surface area contributed by atoms with Crippen molar-refractivity contribution in [2.75, 3.05) is 7.11 Å². The van der Waals surface area contributed by atoms with Gasteiger partial charge < -0.3 is 14.4 Å². The number of phenols is 1. The minimum absolute atomic E-state index is 0.0812. The van der Waals surface area contributed by atoms with E-state index in [0.717, 1.165) is 27.9 Å². The molecule has 0 aliphatic carbocycles. The van der Waals surface area contributed by atoms with E-state index in [-0.39, 0.29) is 11.5 Å². The Hall–Kier alpha value is -3.53. The molecule has 0 fully saturated rings. The van der Waals surface area contributed by atoms with Gasteiger partial charge in [-0.05, 0) is 54.8 Å². The molecule has 0 atom stereocenters. The van der Waals surface area contributed by atoms with Crippen molar-refractivity contribution in [2.45, 2.75) is 26.3 Å². The Balaban J connectivity index is 1.68. The Labute approximate surface area is 176 Å². The Morgan fingerprint density at radius 2 is 1.73 bits per heavy atom. The Morgan fingerprint density at radius 3 is 2.50 bits per heavy atom. The van der Waals surface area contributed by atoms with E-state index in [4.69, 9.17) is 4.74 Å². The van der Waals surface area contributed by atoms with Gasteiger partial charge in [0.25, 0.3) is 0 Å². The number of Topliss-reactive ketones (excluding diaryl/α,β-unsaturated/α-hetero) is 1. The van der Waals surface area contributed by atoms with E-state index in [1.54, 1.807) is 19.2 Å². The number of nitrogens with zero attached hydrogens (tertiary/aromatic N) is 1. The van der Waals surface area contributed by atoms with Crippen molar-refractivity contribution >= 4 is 16.7 Å². The Bertz CT molecular complexity index is 1190. The Morgan fingerprint density at radius 1 is 0.967 bits per heavy atom. The van der Waals surface area contributed by atoms with Gasteiger partial charge in [-0.15, -0.1) is 0 Å². The lowest BCUT2D eigenvalue weighted by Gasteiger charge is -2.09. The highest BCUT2D eigenvalue weighted by Crippen LogP contribution is 2.31. The normalized spacial score (nSPS) is 11.0. The summed E-state index contributed by atoms with van der Waals surface area (Å²) < 4.78 is 7.44. The van der Waals surface area contributed by atoms with E-state index in [0.29, 0.717) is 24.9 Å². The van der Waals surface area contributed by atoms with Crippen molar-refractivity contribution in [1.82, 2.24) is 4.57 Å². The fourth-order valence-corrected chi connectivity index (χ4v) is 4.00. The first kappa shape index (κ1) is 19.8. The third-order valence-electron chi connectivity index (χ3n) is 5.54. The zero-order valence-corrected chi connectivity index (χ0v) is 17.3. The van der Waals surface area contributed by atoms with Crippen LogP contribution in [0, 0.1) is 6.92 Å². The van der Waals surface area contributed by atoms with Crippen LogP contribution in [0.4, 0.5) is 0 Å². The molecule has 0 saturated heterocycles. The highest BCUT2D eigenvalue weighted by molar-refractivity contribution is 6.10. The van der Waals surface area contributed by atoms with Gasteiger partial charge >= 0.3 is 0 Å². The van der Waals surface area contributed by atoms with Gasteiger partial charge in [0.1, 0.15) is 11.5 Å². The molecule has 0 amide bonds. The summed E-state index contributed by atoms with van der Waals surface area (Å²) in [7, 11) is 1.64. The van der Waals surface area contributed by atoms with Crippen LogP contribution in [0.2, 0.25) is 0 Å². The molecule has 1 aromatic heterocycles. The smallest absolute Gasteiger partial charge is 0.165 e. The van der Waals surface area contributed by atoms with Crippen LogP contribution in [0.5, 0.6) is 11.5 Å². The molecule has 1 heterocycles. The number of methoxy groups -OCH3 is 1. The van der Waals surface area contributed by atoms with E-state index in [1.165, 1.54) is 5.56 Å². The summed E-state index contributed by atoms with van der Waals surface area (Å²) in [5, 5.41) is 10.9. The lowest BCUT2D eigenvalue weighted by molar-refractivity contribution is 0.0983. The Kier molecular flexibility index (Phi) is 5.57. The molecule has 0 aliphatic rings. The number of hydrogen-bond donors (Lipinski definition) is 1. The molecular weight excluding hydrogens is 374 g/mol. The zero-order valence-electron chi connectivity index (χ0n) is 17.3. The maximum absolute atomic E-state index is 13.3. The van der Waals surface area contributed by atoms with Crippen molar-refractivity contribution in [1.29, 1.82) is 0 Å². The van der Waals surface area contributed by atoms with E-state index in [1.807, 2.05) is 55.5 Å². The van der Waals surface area contributed by atoms with Gasteiger partial charge in [-0.25, -0.2) is 0 Å². The number of hydrogen-bond acceptors (Lipinski definition) is 3. The molecule has 4 heteroatoms. The fourth-order valence-electron chi connectivity index (χ4n) is 4.00. The van der Waals surface area contributed by atoms with Gasteiger partial charge in [-0.1, -0.05) is 42.5 Å². The molecule has 0 spiro atoms. The van der Waals surface area contributed by atoms with Gasteiger partial charge in [-0.3, -0.25) is 4.79 Å². The molecule has 4 aromatic rings. The van der Waals surface area contributed by atoms with Crippen LogP contribution in [-0.2, 0) is 13.0 Å². The number of aromatic hydroxyl groups is 1. The summed E-state index contributed by atoms with van der Waals surface area (Å²) in [6.07, 6.45) is 1.04. The quantitative estimate of drug-likeness (QED) is 0.416. The first-order valence-electron chi connectivity index (χ1n) is 10.1. The topological polar surface area (TPSA) is 51.5 Å². The molecule has 3 aromatic carbocycles. The largest absolute Gasteiger partial charge is 0.508 e. The van der Waals surface area contributed by atoms with Crippen LogP contribution in [0.25, 0.3) is 10.9 Å². The van der Waals surface area contributed by atoms with Crippen LogP contribution < -0.4 is 4.74 Å². The van der Waals surface area contributed by atoms with E-state index in [2.05, 4.69) is 16.7 Å². The van der Waals surface area contributed by atoms with E-state index in [9.17, 15) is 9.90 Å². The van der Waals surface area contributed by atoms with Crippen LogP contribution >= 0.6 is 0 Å². The minimum Gasteiger partial charge on any atom is -0.508 e. The van der Waals surface area contributed by atoms with Gasteiger partial charge in [0.05, 0.1) is 7.11 Å². The average Bonchev–Trinajstić information content (AvgIpc) is 3.03. The number of ketones is 1. The third kappa shape index (κ3) is 3.94. The van der Waals surface area contributed by atoms with Crippen molar-refractivity contribution in [3.05, 3.63) is 95.2 Å². The molecule has 0 aliphatic heterocycles. The molecule has 152 valence electrons. The second kappa shape index (κ2) is 8.46. The van der Waals surface area contributed by atoms with Gasteiger partial charge in [0.2, 0.25) is 0 Å². The van der Waals surface area contributed by atoms with E-state index < -0.39 is 0 Å². The van der Waals surface area contributed by atoms with Crippen LogP contribution in [-0.4, -0.2) is 22.6 Å². The fraction of sp³-hybridized carbons (Fsp3) is 0.192. The van der Waals surface area contributed by atoms with Crippen molar-refractivity contribution in [3.63, 3.8) is 0 Å². The number of aromatic nitrogens is 1. The lowest BCUT2D eigenvalue weighted by atomic mass is 10.00. The van der Waals surface area contributed by atoms with E-state index >= 15 is 0 Å². The molecule has 30 heavy (non-hydrogen) atoms. The predicted octanol–water partition coefficient (Wildman–Crippen LogP) is 5.53. The first-order chi connectivity index (χ1) is 14.6. The second-order valence-corrected chi connectivity index (χ2v) is 7.51. The van der Waals surface area contributed by atoms with Gasteiger partial charge in [-0.2, -0.15) is 0 Å². The molecule has 4 nitrogen and oxygen atoms in total. The standard InChI is InChI=1S/C26H25NO3/c1-18-26(25(29)14-11-19-9-6-10-22(15-19)30-2)23-16-21(28)12-13-24(23)27(18)17-20-7-4-3-5-8-20/h3-10,12-13,15-16,28H,11,14,17H2,1-2H3. The molecule has 0 radical (unpaired) electrons. The number of fused-ring (bicyclic) bond motifs is 1. The van der Waals surface area contributed by atoms with Crippen molar-refractivity contribution in [3.8, 4) is 11.5 Å². The lowest BCUT2D eigenvalue weighted by Crippen LogP contribution is -2.06. The first-order valence-corrected chi connectivity index (χ1v) is 10.1. The zero-order chi connectivity index (χ0) is 21.1. The maximum Gasteiger partial charge on any atom is 0.165 e. The van der Waals surface area contributed by atoms with Crippen LogP contribution in [0.15, 0.2) is 72.8 Å². The predicted molar refractivity (Wildman–Crippen MR) is 120 cm³/mol. The number of rotatable bonds is 7. The number of aryl methyl sites for hydroxylation is 1. The summed E-state index contributed by atoms with van der Waals surface area (Å²) in [5.41, 5.74) is 4.81. The molecular formula is C26H25NO3. The van der Waals surface area contributed by atoms with Gasteiger partial charge in [0, 0.05) is 35.1 Å². The number of benzene rings is 3. The summed E-state index contributed by atoms with van der Waals surface area (Å²) >= 11 is 0. The van der Waals surface area contributed by atoms with Crippen molar-refractivity contribution in [2.24, 2.45) is 0 Å². The number of phenolic OH excluding ortho intramolecular Hbond substituents is 1. The minimum atomic E-state index is 0.0812. The van der Waals surface area contributed by atoms with Crippen LogP contribution in [0.1, 0.15) is 33.6 Å². The third-order valence-corrected chi connectivity index (χ3v) is 5.54.